The van der Waals surface area contributed by atoms with Crippen molar-refractivity contribution in [1.29, 1.82) is 0 Å². The van der Waals surface area contributed by atoms with E-state index in [9.17, 15) is 5.11 Å². The molecule has 0 fully saturated rings. The molecule has 29 heavy (non-hydrogen) atoms. The summed E-state index contributed by atoms with van der Waals surface area (Å²) in [6.07, 6.45) is 5.43. The van der Waals surface area contributed by atoms with Crippen LogP contribution in [0.4, 0.5) is 5.69 Å². The Bertz CT molecular complexity index is 1130. The average molecular weight is 384 g/mol. The van der Waals surface area contributed by atoms with Gasteiger partial charge in [-0.15, -0.1) is 0 Å². The van der Waals surface area contributed by atoms with Crippen molar-refractivity contribution >= 4 is 16.6 Å². The highest BCUT2D eigenvalue weighted by molar-refractivity contribution is 5.88. The van der Waals surface area contributed by atoms with Crippen molar-refractivity contribution in [2.45, 2.75) is 32.9 Å². The Labute approximate surface area is 170 Å². The highest BCUT2D eigenvalue weighted by Crippen LogP contribution is 2.28. The maximum Gasteiger partial charge on any atom is 0.159 e. The van der Waals surface area contributed by atoms with Gasteiger partial charge in [0, 0.05) is 41.8 Å². The van der Waals surface area contributed by atoms with Crippen LogP contribution in [0.3, 0.4) is 0 Å². The van der Waals surface area contributed by atoms with Crippen LogP contribution in [0.5, 0.6) is 0 Å². The van der Waals surface area contributed by atoms with Gasteiger partial charge in [0.1, 0.15) is 5.60 Å². The number of aliphatic hydroxyl groups is 1. The highest BCUT2D eigenvalue weighted by atomic mass is 16.3. The van der Waals surface area contributed by atoms with Crippen LogP contribution in [0.15, 0.2) is 67.1 Å². The minimum atomic E-state index is -1.06. The highest BCUT2D eigenvalue weighted by Gasteiger charge is 2.19. The zero-order valence-corrected chi connectivity index (χ0v) is 16.8. The quantitative estimate of drug-likeness (QED) is 0.515. The second-order valence-corrected chi connectivity index (χ2v) is 7.73. The molecule has 2 heterocycles. The Hall–Kier alpha value is -3.31. The molecule has 0 bridgehead atoms. The number of rotatable bonds is 5. The first-order valence-corrected chi connectivity index (χ1v) is 9.64. The van der Waals surface area contributed by atoms with Gasteiger partial charge in [0.25, 0.3) is 0 Å². The van der Waals surface area contributed by atoms with E-state index in [0.29, 0.717) is 12.4 Å². The average Bonchev–Trinajstić information content (AvgIpc) is 2.73. The van der Waals surface area contributed by atoms with Gasteiger partial charge >= 0.3 is 0 Å². The van der Waals surface area contributed by atoms with Crippen molar-refractivity contribution in [2.75, 3.05) is 5.32 Å². The van der Waals surface area contributed by atoms with Crippen molar-refractivity contribution in [3.8, 4) is 11.1 Å². The number of para-hydroxylation sites is 1. The van der Waals surface area contributed by atoms with Gasteiger partial charge in [-0.3, -0.25) is 4.98 Å². The van der Waals surface area contributed by atoms with Crippen LogP contribution < -0.4 is 5.32 Å². The number of anilines is 1. The second-order valence-electron chi connectivity index (χ2n) is 7.73. The third-order valence-corrected chi connectivity index (χ3v) is 4.97. The molecule has 0 saturated heterocycles. The van der Waals surface area contributed by atoms with Crippen molar-refractivity contribution in [3.63, 3.8) is 0 Å². The Balaban J connectivity index is 1.70. The molecule has 4 rings (SSSR count). The fourth-order valence-corrected chi connectivity index (χ4v) is 3.30. The largest absolute Gasteiger partial charge is 0.382 e. The van der Waals surface area contributed by atoms with Gasteiger partial charge in [-0.2, -0.15) is 0 Å². The lowest BCUT2D eigenvalue weighted by Gasteiger charge is -2.15. The van der Waals surface area contributed by atoms with Crippen LogP contribution in [0, 0.1) is 6.92 Å². The summed E-state index contributed by atoms with van der Waals surface area (Å²) in [4.78, 5) is 13.3. The van der Waals surface area contributed by atoms with E-state index in [2.05, 4.69) is 45.4 Å². The maximum absolute atomic E-state index is 10.1. The first-order chi connectivity index (χ1) is 13.9. The number of fused-ring (bicyclic) bond motifs is 1. The molecular formula is C24H24N4O. The smallest absolute Gasteiger partial charge is 0.159 e. The van der Waals surface area contributed by atoms with Crippen molar-refractivity contribution in [3.05, 3.63) is 84.1 Å². The molecule has 0 saturated carbocycles. The minimum Gasteiger partial charge on any atom is -0.382 e. The van der Waals surface area contributed by atoms with Crippen LogP contribution >= 0.6 is 0 Å². The molecule has 0 radical (unpaired) electrons. The van der Waals surface area contributed by atoms with Gasteiger partial charge in [0.2, 0.25) is 0 Å². The van der Waals surface area contributed by atoms with E-state index in [1.807, 2.05) is 36.5 Å². The summed E-state index contributed by atoms with van der Waals surface area (Å²) in [5, 5.41) is 14.7. The van der Waals surface area contributed by atoms with E-state index in [1.54, 1.807) is 26.2 Å². The molecule has 5 heteroatoms. The lowest BCUT2D eigenvalue weighted by atomic mass is 10.00. The molecule has 0 unspecified atom stereocenters. The third-order valence-electron chi connectivity index (χ3n) is 4.97. The maximum atomic E-state index is 10.1. The third kappa shape index (κ3) is 4.10. The summed E-state index contributed by atoms with van der Waals surface area (Å²) in [5.74, 6) is 0.410. The van der Waals surface area contributed by atoms with E-state index in [0.717, 1.165) is 33.3 Å². The van der Waals surface area contributed by atoms with E-state index in [-0.39, 0.29) is 0 Å². The molecule has 0 amide bonds. The SMILES string of the molecule is Cc1cnc2ccc(-c3cnc(C(C)(C)O)nc3)cc2c1CNc1ccccc1. The van der Waals surface area contributed by atoms with Crippen molar-refractivity contribution in [2.24, 2.45) is 0 Å². The van der Waals surface area contributed by atoms with Gasteiger partial charge in [-0.1, -0.05) is 24.3 Å². The number of hydrogen-bond acceptors (Lipinski definition) is 5. The molecule has 0 spiro atoms. The summed E-state index contributed by atoms with van der Waals surface area (Å²) in [6, 6.07) is 16.4. The molecule has 0 aliphatic carbocycles. The molecule has 0 aliphatic rings. The zero-order valence-electron chi connectivity index (χ0n) is 16.8. The number of aromatic nitrogens is 3. The summed E-state index contributed by atoms with van der Waals surface area (Å²) >= 11 is 0. The Morgan fingerprint density at radius 3 is 2.31 bits per heavy atom. The molecule has 146 valence electrons. The molecule has 0 atom stereocenters. The summed E-state index contributed by atoms with van der Waals surface area (Å²) in [7, 11) is 0. The minimum absolute atomic E-state index is 0.410. The number of pyridine rings is 1. The lowest BCUT2D eigenvalue weighted by molar-refractivity contribution is 0.0687. The second kappa shape index (κ2) is 7.60. The topological polar surface area (TPSA) is 70.9 Å². The van der Waals surface area contributed by atoms with Gasteiger partial charge in [0.05, 0.1) is 5.52 Å². The van der Waals surface area contributed by atoms with Crippen LogP contribution in [0.1, 0.15) is 30.8 Å². The van der Waals surface area contributed by atoms with Gasteiger partial charge in [0.15, 0.2) is 5.82 Å². The van der Waals surface area contributed by atoms with Crippen LogP contribution in [-0.4, -0.2) is 20.1 Å². The van der Waals surface area contributed by atoms with E-state index < -0.39 is 5.60 Å². The first-order valence-electron chi connectivity index (χ1n) is 9.64. The summed E-state index contributed by atoms with van der Waals surface area (Å²) in [6.45, 7) is 6.16. The molecule has 0 aliphatic heterocycles. The molecule has 2 aromatic heterocycles. The van der Waals surface area contributed by atoms with E-state index in [4.69, 9.17) is 0 Å². The van der Waals surface area contributed by atoms with Crippen LogP contribution in [-0.2, 0) is 12.1 Å². The summed E-state index contributed by atoms with van der Waals surface area (Å²) in [5.41, 5.74) is 5.28. The van der Waals surface area contributed by atoms with Crippen LogP contribution in [0.2, 0.25) is 0 Å². The first kappa shape index (κ1) is 19.0. The molecule has 2 aromatic carbocycles. The Morgan fingerprint density at radius 1 is 0.897 bits per heavy atom. The number of benzene rings is 2. The molecule has 2 N–H and O–H groups in total. The monoisotopic (exact) mass is 384 g/mol. The molecule has 5 nitrogen and oxygen atoms in total. The van der Waals surface area contributed by atoms with Gasteiger partial charge in [-0.25, -0.2) is 9.97 Å². The van der Waals surface area contributed by atoms with Crippen LogP contribution in [0.25, 0.3) is 22.0 Å². The predicted molar refractivity (Wildman–Crippen MR) is 117 cm³/mol. The number of nitrogens with zero attached hydrogens (tertiary/aromatic N) is 3. The zero-order chi connectivity index (χ0) is 20.4. The number of aryl methyl sites for hydroxylation is 1. The molecular weight excluding hydrogens is 360 g/mol. The lowest BCUT2D eigenvalue weighted by Crippen LogP contribution is -2.19. The number of hydrogen-bond donors (Lipinski definition) is 2. The van der Waals surface area contributed by atoms with Gasteiger partial charge in [-0.05, 0) is 61.7 Å². The standard InChI is InChI=1S/C24H24N4O/c1-16-12-26-22-10-9-17(18-13-27-23(28-14-18)24(2,3)29)11-20(22)21(16)15-25-19-7-5-4-6-8-19/h4-14,25,29H,15H2,1-3H3. The fraction of sp³-hybridized carbons (Fsp3) is 0.208. The van der Waals surface area contributed by atoms with Crippen molar-refractivity contribution < 1.29 is 5.11 Å². The number of nitrogens with one attached hydrogen (secondary N) is 1. The molecule has 4 aromatic rings. The van der Waals surface area contributed by atoms with E-state index in [1.165, 1.54) is 5.56 Å². The Morgan fingerprint density at radius 2 is 1.62 bits per heavy atom. The van der Waals surface area contributed by atoms with Gasteiger partial charge < -0.3 is 10.4 Å². The normalized spacial score (nSPS) is 11.6. The van der Waals surface area contributed by atoms with E-state index >= 15 is 0 Å². The fourth-order valence-electron chi connectivity index (χ4n) is 3.30. The van der Waals surface area contributed by atoms with Crippen molar-refractivity contribution in [1.82, 2.24) is 15.0 Å². The summed E-state index contributed by atoms with van der Waals surface area (Å²) < 4.78 is 0. The Kier molecular flexibility index (Phi) is 4.99. The predicted octanol–water partition coefficient (Wildman–Crippen LogP) is 4.84.